The maximum atomic E-state index is 9.06. The number of aromatic nitrogens is 4. The van der Waals surface area contributed by atoms with Gasteiger partial charge in [-0.25, -0.2) is 9.97 Å². The first-order valence-electron chi connectivity index (χ1n) is 5.43. The van der Waals surface area contributed by atoms with E-state index in [1.165, 1.54) is 0 Å². The molecule has 0 saturated heterocycles. The Morgan fingerprint density at radius 3 is 2.76 bits per heavy atom. The first-order valence-corrected chi connectivity index (χ1v) is 6.41. The molecule has 0 spiro atoms. The Hall–Kier alpha value is -1.27. The third-order valence-electron chi connectivity index (χ3n) is 2.68. The van der Waals surface area contributed by atoms with Crippen LogP contribution in [-0.4, -0.2) is 30.0 Å². The predicted molar refractivity (Wildman–Crippen MR) is 66.8 cm³/mol. The summed E-state index contributed by atoms with van der Waals surface area (Å²) in [6.07, 6.45) is 6.38. The summed E-state index contributed by atoms with van der Waals surface area (Å²) in [5.41, 5.74) is 0.837. The second kappa shape index (κ2) is 5.37. The first-order chi connectivity index (χ1) is 8.22. The van der Waals surface area contributed by atoms with Crippen molar-refractivity contribution < 1.29 is 5.11 Å². The van der Waals surface area contributed by atoms with Crippen LogP contribution in [0.4, 0.5) is 0 Å². The van der Waals surface area contributed by atoms with Crippen LogP contribution in [0, 0.1) is 0 Å². The van der Waals surface area contributed by atoms with Gasteiger partial charge in [-0.3, -0.25) is 0 Å². The molecule has 2 rings (SSSR count). The van der Waals surface area contributed by atoms with Gasteiger partial charge in [0.05, 0.1) is 18.5 Å². The van der Waals surface area contributed by atoms with Crippen molar-refractivity contribution >= 4 is 11.8 Å². The highest BCUT2D eigenvalue weighted by Crippen LogP contribution is 2.18. The summed E-state index contributed by atoms with van der Waals surface area (Å²) in [7, 11) is 3.92. The maximum absolute atomic E-state index is 9.06. The van der Waals surface area contributed by atoms with Gasteiger partial charge in [0.25, 0.3) is 0 Å². The minimum absolute atomic E-state index is 0.0312. The molecule has 0 aliphatic carbocycles. The van der Waals surface area contributed by atoms with Crippen molar-refractivity contribution in [3.63, 3.8) is 0 Å². The number of aliphatic hydroxyl groups is 1. The van der Waals surface area contributed by atoms with Crippen LogP contribution >= 0.6 is 11.8 Å². The van der Waals surface area contributed by atoms with Gasteiger partial charge in [0.2, 0.25) is 0 Å². The SMILES string of the molecule is Cn1ccnc1CCSc1ncc(CO)n1C. The number of aryl methyl sites for hydroxylation is 2. The standard InChI is InChI=1S/C11H16N4OS/c1-14-5-4-12-10(14)3-6-17-11-13-7-9(8-16)15(11)2/h4-5,7,16H,3,6,8H2,1-2H3. The van der Waals surface area contributed by atoms with Gasteiger partial charge in [0.15, 0.2) is 5.16 Å². The maximum Gasteiger partial charge on any atom is 0.167 e. The van der Waals surface area contributed by atoms with Crippen molar-refractivity contribution in [3.05, 3.63) is 30.1 Å². The van der Waals surface area contributed by atoms with Crippen LogP contribution in [0.2, 0.25) is 0 Å². The Morgan fingerprint density at radius 1 is 1.35 bits per heavy atom. The molecule has 0 aromatic carbocycles. The molecule has 0 aliphatic heterocycles. The second-order valence-corrected chi connectivity index (χ2v) is 4.86. The fourth-order valence-electron chi connectivity index (χ4n) is 1.58. The van der Waals surface area contributed by atoms with Crippen LogP contribution in [0.5, 0.6) is 0 Å². The number of imidazole rings is 2. The lowest BCUT2D eigenvalue weighted by Crippen LogP contribution is -2.01. The molecule has 2 aromatic rings. The van der Waals surface area contributed by atoms with Crippen LogP contribution in [-0.2, 0) is 27.1 Å². The van der Waals surface area contributed by atoms with E-state index in [2.05, 4.69) is 9.97 Å². The molecule has 0 amide bonds. The van der Waals surface area contributed by atoms with Crippen molar-refractivity contribution in [2.75, 3.05) is 5.75 Å². The second-order valence-electron chi connectivity index (χ2n) is 3.80. The summed E-state index contributed by atoms with van der Waals surface area (Å²) in [5, 5.41) is 9.99. The lowest BCUT2D eigenvalue weighted by molar-refractivity contribution is 0.271. The van der Waals surface area contributed by atoms with Crippen LogP contribution in [0.15, 0.2) is 23.7 Å². The van der Waals surface area contributed by atoms with Crippen molar-refractivity contribution in [2.45, 2.75) is 18.2 Å². The minimum atomic E-state index is 0.0312. The van der Waals surface area contributed by atoms with Crippen molar-refractivity contribution in [1.82, 2.24) is 19.1 Å². The third kappa shape index (κ3) is 2.70. The summed E-state index contributed by atoms with van der Waals surface area (Å²) in [6.45, 7) is 0.0312. The zero-order chi connectivity index (χ0) is 12.3. The summed E-state index contributed by atoms with van der Waals surface area (Å²) < 4.78 is 3.95. The first kappa shape index (κ1) is 12.2. The molecule has 92 valence electrons. The fraction of sp³-hybridized carbons (Fsp3) is 0.455. The van der Waals surface area contributed by atoms with Gasteiger partial charge < -0.3 is 14.2 Å². The van der Waals surface area contributed by atoms with Crippen LogP contribution in [0.25, 0.3) is 0 Å². The largest absolute Gasteiger partial charge is 0.390 e. The molecule has 0 bridgehead atoms. The van der Waals surface area contributed by atoms with E-state index in [4.69, 9.17) is 5.11 Å². The molecule has 0 radical (unpaired) electrons. The molecule has 0 unspecified atom stereocenters. The monoisotopic (exact) mass is 252 g/mol. The molecule has 5 nitrogen and oxygen atoms in total. The van der Waals surface area contributed by atoms with E-state index in [0.717, 1.165) is 28.8 Å². The number of rotatable bonds is 5. The Bertz CT molecular complexity index is 491. The van der Waals surface area contributed by atoms with Crippen molar-refractivity contribution in [2.24, 2.45) is 14.1 Å². The van der Waals surface area contributed by atoms with Crippen molar-refractivity contribution in [3.8, 4) is 0 Å². The molecular formula is C11H16N4OS. The number of thioether (sulfide) groups is 1. The molecule has 0 aliphatic rings. The molecule has 0 atom stereocenters. The molecule has 2 aromatic heterocycles. The molecule has 0 saturated carbocycles. The van der Waals surface area contributed by atoms with Crippen molar-refractivity contribution in [1.29, 1.82) is 0 Å². The lowest BCUT2D eigenvalue weighted by atomic mass is 10.4. The average Bonchev–Trinajstić information content (AvgIpc) is 2.87. The van der Waals surface area contributed by atoms with Gasteiger partial charge in [-0.1, -0.05) is 11.8 Å². The lowest BCUT2D eigenvalue weighted by Gasteiger charge is -2.04. The zero-order valence-corrected chi connectivity index (χ0v) is 10.8. The highest BCUT2D eigenvalue weighted by molar-refractivity contribution is 7.99. The molecule has 1 N–H and O–H groups in total. The number of hydrogen-bond acceptors (Lipinski definition) is 4. The fourth-order valence-corrected chi connectivity index (χ4v) is 2.48. The molecule has 2 heterocycles. The van der Waals surface area contributed by atoms with Crippen LogP contribution in [0.3, 0.4) is 0 Å². The van der Waals surface area contributed by atoms with Gasteiger partial charge in [0.1, 0.15) is 5.82 Å². The highest BCUT2D eigenvalue weighted by atomic mass is 32.2. The highest BCUT2D eigenvalue weighted by Gasteiger charge is 2.06. The Balaban J connectivity index is 1.90. The van der Waals surface area contributed by atoms with E-state index in [-0.39, 0.29) is 6.61 Å². The van der Waals surface area contributed by atoms with E-state index in [1.54, 1.807) is 18.0 Å². The normalized spacial score (nSPS) is 11.0. The topological polar surface area (TPSA) is 55.9 Å². The van der Waals surface area contributed by atoms with E-state index in [1.807, 2.05) is 35.6 Å². The molecular weight excluding hydrogens is 236 g/mol. The van der Waals surface area contributed by atoms with Gasteiger partial charge in [-0.15, -0.1) is 0 Å². The van der Waals surface area contributed by atoms with E-state index < -0.39 is 0 Å². The molecule has 0 fully saturated rings. The van der Waals surface area contributed by atoms with Crippen LogP contribution in [0.1, 0.15) is 11.5 Å². The third-order valence-corrected chi connectivity index (χ3v) is 3.73. The summed E-state index contributed by atoms with van der Waals surface area (Å²) in [4.78, 5) is 8.54. The predicted octanol–water partition coefficient (Wildman–Crippen LogP) is 0.981. The van der Waals surface area contributed by atoms with Gasteiger partial charge in [-0.2, -0.15) is 0 Å². The van der Waals surface area contributed by atoms with Gasteiger partial charge in [0, 0.05) is 38.7 Å². The number of aliphatic hydroxyl groups excluding tert-OH is 1. The minimum Gasteiger partial charge on any atom is -0.390 e. The Morgan fingerprint density at radius 2 is 2.18 bits per heavy atom. The van der Waals surface area contributed by atoms with E-state index >= 15 is 0 Å². The average molecular weight is 252 g/mol. The molecule has 17 heavy (non-hydrogen) atoms. The van der Waals surface area contributed by atoms with E-state index in [0.29, 0.717) is 0 Å². The quantitative estimate of drug-likeness (QED) is 0.806. The molecule has 6 heteroatoms. The smallest absolute Gasteiger partial charge is 0.167 e. The van der Waals surface area contributed by atoms with Gasteiger partial charge >= 0.3 is 0 Å². The number of hydrogen-bond donors (Lipinski definition) is 1. The number of nitrogens with zero attached hydrogens (tertiary/aromatic N) is 4. The summed E-state index contributed by atoms with van der Waals surface area (Å²) in [6, 6.07) is 0. The van der Waals surface area contributed by atoms with E-state index in [9.17, 15) is 0 Å². The van der Waals surface area contributed by atoms with Crippen LogP contribution < -0.4 is 0 Å². The van der Waals surface area contributed by atoms with Gasteiger partial charge in [-0.05, 0) is 0 Å². The Labute approximate surface area is 105 Å². The summed E-state index contributed by atoms with van der Waals surface area (Å²) >= 11 is 1.68. The summed E-state index contributed by atoms with van der Waals surface area (Å²) in [5.74, 6) is 2.01. The zero-order valence-electron chi connectivity index (χ0n) is 10.00. The Kier molecular flexibility index (Phi) is 3.86.